The molecule has 1 N–H and O–H groups in total. The molecule has 0 saturated heterocycles. The Kier molecular flexibility index (Phi) is 5.26. The summed E-state index contributed by atoms with van der Waals surface area (Å²) in [5.41, 5.74) is 1.87. The molecule has 1 atom stereocenters. The van der Waals surface area contributed by atoms with E-state index in [1.807, 2.05) is 31.2 Å². The lowest BCUT2D eigenvalue weighted by molar-refractivity contribution is 0.252. The lowest BCUT2D eigenvalue weighted by Crippen LogP contribution is -2.06. The number of halogens is 3. The van der Waals surface area contributed by atoms with E-state index in [0.717, 1.165) is 11.3 Å². The average molecular weight is 314 g/mol. The summed E-state index contributed by atoms with van der Waals surface area (Å²) in [4.78, 5) is 0.552. The summed E-state index contributed by atoms with van der Waals surface area (Å²) in [7, 11) is 0. The van der Waals surface area contributed by atoms with Gasteiger partial charge in [-0.15, -0.1) is 0 Å². The maximum absolute atomic E-state index is 12.2. The van der Waals surface area contributed by atoms with E-state index < -0.39 is 5.76 Å². The minimum absolute atomic E-state index is 0.0392. The Hall–Kier alpha value is -1.26. The highest BCUT2D eigenvalue weighted by molar-refractivity contribution is 7.99. The van der Waals surface area contributed by atoms with Gasteiger partial charge in [0.15, 0.2) is 0 Å². The Bertz CT molecular complexity index is 560. The van der Waals surface area contributed by atoms with E-state index in [9.17, 15) is 8.78 Å². The number of nitrogens with one attached hydrogen (secondary N) is 1. The van der Waals surface area contributed by atoms with E-state index in [2.05, 4.69) is 5.32 Å². The van der Waals surface area contributed by atoms with Crippen LogP contribution in [0.2, 0.25) is 5.02 Å². The molecule has 0 amide bonds. The van der Waals surface area contributed by atoms with Gasteiger partial charge in [-0.3, -0.25) is 0 Å². The predicted molar refractivity (Wildman–Crippen MR) is 81.8 cm³/mol. The van der Waals surface area contributed by atoms with E-state index in [1.165, 1.54) is 0 Å². The quantitative estimate of drug-likeness (QED) is 0.697. The molecular weight excluding hydrogens is 300 g/mol. The Morgan fingerprint density at radius 3 is 2.30 bits per heavy atom. The van der Waals surface area contributed by atoms with Crippen LogP contribution in [-0.2, 0) is 0 Å². The van der Waals surface area contributed by atoms with Gasteiger partial charge in [0.25, 0.3) is 5.76 Å². The summed E-state index contributed by atoms with van der Waals surface area (Å²) in [5, 5.41) is 4.00. The molecule has 0 aliphatic carbocycles. The second kappa shape index (κ2) is 6.95. The third kappa shape index (κ3) is 4.12. The maximum atomic E-state index is 12.2. The summed E-state index contributed by atoms with van der Waals surface area (Å²) in [6.07, 6.45) is 0. The van der Waals surface area contributed by atoms with Crippen LogP contribution in [0.4, 0.5) is 14.5 Å². The van der Waals surface area contributed by atoms with Crippen molar-refractivity contribution in [2.24, 2.45) is 0 Å². The number of hydrogen-bond donors (Lipinski definition) is 1. The van der Waals surface area contributed by atoms with Crippen molar-refractivity contribution in [3.8, 4) is 0 Å². The van der Waals surface area contributed by atoms with Gasteiger partial charge in [-0.05, 0) is 42.8 Å². The molecule has 1 nitrogen and oxygen atoms in total. The van der Waals surface area contributed by atoms with Gasteiger partial charge >= 0.3 is 0 Å². The first-order valence-electron chi connectivity index (χ1n) is 6.12. The predicted octanol–water partition coefficient (Wildman–Crippen LogP) is 5.83. The summed E-state index contributed by atoms with van der Waals surface area (Å²) in [5.74, 6) is -2.39. The zero-order chi connectivity index (χ0) is 14.5. The second-order valence-electron chi connectivity index (χ2n) is 4.29. The molecule has 0 bridgehead atoms. The van der Waals surface area contributed by atoms with Crippen LogP contribution >= 0.6 is 23.4 Å². The van der Waals surface area contributed by atoms with Gasteiger partial charge in [0.05, 0.1) is 0 Å². The van der Waals surface area contributed by atoms with Crippen molar-refractivity contribution in [3.05, 3.63) is 59.1 Å². The van der Waals surface area contributed by atoms with Crippen molar-refractivity contribution in [1.29, 1.82) is 0 Å². The summed E-state index contributed by atoms with van der Waals surface area (Å²) < 4.78 is 24.5. The molecule has 0 radical (unpaired) electrons. The fourth-order valence-corrected chi connectivity index (χ4v) is 2.68. The molecule has 1 unspecified atom stereocenters. The van der Waals surface area contributed by atoms with Crippen LogP contribution in [0.15, 0.2) is 53.4 Å². The molecule has 0 spiro atoms. The van der Waals surface area contributed by atoms with Crippen molar-refractivity contribution in [1.82, 2.24) is 0 Å². The van der Waals surface area contributed by atoms with Gasteiger partial charge in [-0.2, -0.15) is 8.78 Å². The van der Waals surface area contributed by atoms with Crippen LogP contribution in [0.5, 0.6) is 0 Å². The van der Waals surface area contributed by atoms with E-state index in [-0.39, 0.29) is 6.04 Å². The number of hydrogen-bond acceptors (Lipinski definition) is 2. The molecule has 5 heteroatoms. The van der Waals surface area contributed by atoms with E-state index in [0.29, 0.717) is 21.7 Å². The maximum Gasteiger partial charge on any atom is 0.288 e. The average Bonchev–Trinajstić information content (AvgIpc) is 2.41. The van der Waals surface area contributed by atoms with Crippen LogP contribution in [0.25, 0.3) is 0 Å². The van der Waals surface area contributed by atoms with Gasteiger partial charge in [0.2, 0.25) is 0 Å². The third-order valence-electron chi connectivity index (χ3n) is 2.83. The van der Waals surface area contributed by atoms with Crippen molar-refractivity contribution < 1.29 is 8.78 Å². The lowest BCUT2D eigenvalue weighted by Gasteiger charge is -2.17. The lowest BCUT2D eigenvalue weighted by atomic mass is 10.1. The van der Waals surface area contributed by atoms with Crippen LogP contribution in [0.1, 0.15) is 18.5 Å². The Morgan fingerprint density at radius 1 is 1.05 bits per heavy atom. The molecule has 0 fully saturated rings. The van der Waals surface area contributed by atoms with E-state index in [1.54, 1.807) is 24.3 Å². The van der Waals surface area contributed by atoms with Gasteiger partial charge in [0.1, 0.15) is 0 Å². The minimum atomic E-state index is -2.39. The molecule has 2 rings (SSSR count). The fraction of sp³-hybridized carbons (Fsp3) is 0.200. The summed E-state index contributed by atoms with van der Waals surface area (Å²) in [6.45, 7) is 2.00. The number of alkyl halides is 2. The molecule has 2 aromatic rings. The largest absolute Gasteiger partial charge is 0.378 e. The molecule has 106 valence electrons. The van der Waals surface area contributed by atoms with Gasteiger partial charge < -0.3 is 5.32 Å². The molecule has 20 heavy (non-hydrogen) atoms. The highest BCUT2D eigenvalue weighted by atomic mass is 35.5. The number of rotatable bonds is 5. The highest BCUT2D eigenvalue weighted by Crippen LogP contribution is 2.28. The molecular formula is C15H14ClF2NS. The van der Waals surface area contributed by atoms with E-state index in [4.69, 9.17) is 11.6 Å². The normalized spacial score (nSPS) is 12.4. The van der Waals surface area contributed by atoms with Gasteiger partial charge in [-0.1, -0.05) is 41.6 Å². The first-order valence-corrected chi connectivity index (χ1v) is 7.38. The first kappa shape index (κ1) is 15.1. The standard InChI is InChI=1S/C15H14ClF2NS/c1-10(13-4-2-3-5-14(13)16)19-11-6-8-12(9-7-11)20-15(17)18/h2-10,15,19H,1H3. The van der Waals surface area contributed by atoms with Crippen LogP contribution in [-0.4, -0.2) is 5.76 Å². The SMILES string of the molecule is CC(Nc1ccc(SC(F)F)cc1)c1ccccc1Cl. The van der Waals surface area contributed by atoms with Crippen LogP contribution in [0, 0.1) is 0 Å². The van der Waals surface area contributed by atoms with E-state index >= 15 is 0 Å². The minimum Gasteiger partial charge on any atom is -0.378 e. The van der Waals surface area contributed by atoms with Crippen molar-refractivity contribution in [2.75, 3.05) is 5.32 Å². The zero-order valence-corrected chi connectivity index (χ0v) is 12.4. The molecule has 0 aromatic heterocycles. The number of anilines is 1. The fourth-order valence-electron chi connectivity index (χ4n) is 1.89. The monoisotopic (exact) mass is 313 g/mol. The van der Waals surface area contributed by atoms with Crippen molar-refractivity contribution >= 4 is 29.1 Å². The highest BCUT2D eigenvalue weighted by Gasteiger charge is 2.09. The molecule has 0 aliphatic heterocycles. The Morgan fingerprint density at radius 2 is 1.70 bits per heavy atom. The second-order valence-corrected chi connectivity index (χ2v) is 5.76. The zero-order valence-electron chi connectivity index (χ0n) is 10.8. The van der Waals surface area contributed by atoms with Crippen LogP contribution in [0.3, 0.4) is 0 Å². The summed E-state index contributed by atoms with van der Waals surface area (Å²) >= 11 is 6.68. The van der Waals surface area contributed by atoms with Crippen molar-refractivity contribution in [3.63, 3.8) is 0 Å². The molecule has 0 heterocycles. The van der Waals surface area contributed by atoms with Crippen molar-refractivity contribution in [2.45, 2.75) is 23.6 Å². The topological polar surface area (TPSA) is 12.0 Å². The van der Waals surface area contributed by atoms with Gasteiger partial charge in [-0.25, -0.2) is 0 Å². The number of thioether (sulfide) groups is 1. The molecule has 0 saturated carbocycles. The molecule has 2 aromatic carbocycles. The first-order chi connectivity index (χ1) is 9.56. The van der Waals surface area contributed by atoms with Crippen LogP contribution < -0.4 is 5.32 Å². The van der Waals surface area contributed by atoms with Gasteiger partial charge in [0, 0.05) is 21.6 Å². The third-order valence-corrected chi connectivity index (χ3v) is 3.90. The molecule has 0 aliphatic rings. The Balaban J connectivity index is 2.05. The number of benzene rings is 2. The smallest absolute Gasteiger partial charge is 0.288 e. The Labute approximate surface area is 126 Å². The summed E-state index contributed by atoms with van der Waals surface area (Å²) in [6, 6.07) is 14.6.